The molecule has 6 nitrogen and oxygen atoms in total. The Bertz CT molecular complexity index is 377. The summed E-state index contributed by atoms with van der Waals surface area (Å²) in [7, 11) is 1.37. The van der Waals surface area contributed by atoms with Crippen LogP contribution in [0.5, 0.6) is 0 Å². The molecule has 11 heteroatoms. The first-order valence-electron chi connectivity index (χ1n) is 5.19. The highest BCUT2D eigenvalue weighted by molar-refractivity contribution is 8.14. The molecule has 0 aromatic rings. The molecule has 0 radical (unpaired) electrons. The molecule has 0 saturated heterocycles. The van der Waals surface area contributed by atoms with E-state index in [4.69, 9.17) is 39.5 Å². The van der Waals surface area contributed by atoms with E-state index in [0.29, 0.717) is 23.6 Å². The number of alkyl halides is 3. The van der Waals surface area contributed by atoms with E-state index in [9.17, 15) is 9.59 Å². The molecule has 0 unspecified atom stereocenters. The van der Waals surface area contributed by atoms with Crippen LogP contribution in [0.1, 0.15) is 13.8 Å². The summed E-state index contributed by atoms with van der Waals surface area (Å²) in [6, 6.07) is 0. The van der Waals surface area contributed by atoms with Gasteiger partial charge in [0.05, 0.1) is 12.4 Å². The summed E-state index contributed by atoms with van der Waals surface area (Å²) in [5.41, 5.74) is 0. The lowest BCUT2D eigenvalue weighted by atomic mass is 10.8. The van der Waals surface area contributed by atoms with Crippen LogP contribution < -0.4 is 0 Å². The predicted octanol–water partition coefficient (Wildman–Crippen LogP) is 3.66. The molecule has 0 N–H and O–H groups in total. The summed E-state index contributed by atoms with van der Waals surface area (Å²) in [5.74, 6) is -0.290. The van der Waals surface area contributed by atoms with Gasteiger partial charge in [-0.1, -0.05) is 51.7 Å². The Morgan fingerprint density at radius 1 is 1.35 bits per heavy atom. The Morgan fingerprint density at radius 2 is 1.95 bits per heavy atom. The lowest BCUT2D eigenvalue weighted by Crippen LogP contribution is -2.22. The number of halogens is 3. The topological polar surface area (TPSA) is 68.2 Å². The third-order valence-electron chi connectivity index (χ3n) is 1.45. The summed E-state index contributed by atoms with van der Waals surface area (Å²) in [5, 5.41) is 3.93. The number of oxime groups is 1. The van der Waals surface area contributed by atoms with Crippen LogP contribution in [-0.4, -0.2) is 43.9 Å². The van der Waals surface area contributed by atoms with E-state index in [1.807, 2.05) is 0 Å². The van der Waals surface area contributed by atoms with Gasteiger partial charge in [0, 0.05) is 19.0 Å². The molecular weight excluding hydrogens is 371 g/mol. The summed E-state index contributed by atoms with van der Waals surface area (Å²) in [6.07, 6.45) is -0.808. The van der Waals surface area contributed by atoms with Crippen molar-refractivity contribution in [2.24, 2.45) is 5.16 Å². The molecular formula is C9H13Cl3N2O4S2. The van der Waals surface area contributed by atoms with Gasteiger partial charge < -0.3 is 4.74 Å². The Kier molecular flexibility index (Phi) is 9.82. The molecule has 0 spiro atoms. The Morgan fingerprint density at radius 3 is 2.45 bits per heavy atom. The molecule has 1 amide bonds. The molecule has 0 heterocycles. The van der Waals surface area contributed by atoms with Crippen molar-refractivity contribution in [3.05, 3.63) is 0 Å². The first-order valence-corrected chi connectivity index (χ1v) is 8.08. The van der Waals surface area contributed by atoms with E-state index >= 15 is 0 Å². The van der Waals surface area contributed by atoms with E-state index in [-0.39, 0.29) is 11.7 Å². The SMILES string of the molecule is CCOC(=O)CS/C(C)=N/OC(=O)N(C)SC(Cl)(Cl)Cl. The Balaban J connectivity index is 4.14. The zero-order valence-electron chi connectivity index (χ0n) is 10.9. The zero-order chi connectivity index (χ0) is 15.8. The lowest BCUT2D eigenvalue weighted by Gasteiger charge is -2.17. The molecule has 0 rings (SSSR count). The van der Waals surface area contributed by atoms with Gasteiger partial charge in [-0.05, 0) is 13.8 Å². The lowest BCUT2D eigenvalue weighted by molar-refractivity contribution is -0.139. The summed E-state index contributed by atoms with van der Waals surface area (Å²) in [4.78, 5) is 27.2. The first kappa shape index (κ1) is 20.0. The number of carbonyl (C=O) groups excluding carboxylic acids is 2. The monoisotopic (exact) mass is 382 g/mol. The van der Waals surface area contributed by atoms with Gasteiger partial charge in [0.15, 0.2) is 0 Å². The molecule has 0 saturated carbocycles. The van der Waals surface area contributed by atoms with Gasteiger partial charge in [0.25, 0.3) is 3.12 Å². The van der Waals surface area contributed by atoms with Crippen molar-refractivity contribution in [3.8, 4) is 0 Å². The highest BCUT2D eigenvalue weighted by Gasteiger charge is 2.27. The summed E-state index contributed by atoms with van der Waals surface area (Å²) >= 11 is 18.2. The molecule has 0 aliphatic carbocycles. The van der Waals surface area contributed by atoms with Crippen molar-refractivity contribution in [1.29, 1.82) is 0 Å². The van der Waals surface area contributed by atoms with Gasteiger partial charge in [-0.2, -0.15) is 0 Å². The number of thioether (sulfide) groups is 1. The molecule has 0 atom stereocenters. The largest absolute Gasteiger partial charge is 0.465 e. The second-order valence-electron chi connectivity index (χ2n) is 3.10. The van der Waals surface area contributed by atoms with Gasteiger partial charge in [0.1, 0.15) is 5.04 Å². The minimum atomic E-state index is -1.68. The van der Waals surface area contributed by atoms with Gasteiger partial charge in [-0.3, -0.25) is 9.63 Å². The van der Waals surface area contributed by atoms with Gasteiger partial charge in [-0.25, -0.2) is 9.10 Å². The number of carbonyl (C=O) groups is 2. The molecule has 20 heavy (non-hydrogen) atoms. The minimum absolute atomic E-state index is 0.0828. The number of hydrogen-bond acceptors (Lipinski definition) is 7. The summed E-state index contributed by atoms with van der Waals surface area (Å²) in [6.45, 7) is 3.60. The van der Waals surface area contributed by atoms with Crippen LogP contribution in [0.25, 0.3) is 0 Å². The van der Waals surface area contributed by atoms with Gasteiger partial charge >= 0.3 is 12.1 Å². The van der Waals surface area contributed by atoms with Crippen molar-refractivity contribution in [2.75, 3.05) is 19.4 Å². The van der Waals surface area contributed by atoms with Crippen molar-refractivity contribution in [2.45, 2.75) is 17.0 Å². The molecule has 0 aromatic carbocycles. The number of amides is 1. The standard InChI is InChI=1S/C9H13Cl3N2O4S2/c1-4-17-7(15)5-19-6(2)13-18-8(16)14(3)20-9(10,11)12/h4-5H2,1-3H3/b13-6+. The third kappa shape index (κ3) is 10.7. The fourth-order valence-corrected chi connectivity index (χ4v) is 2.60. The number of hydrogen-bond donors (Lipinski definition) is 0. The second kappa shape index (κ2) is 9.83. The van der Waals surface area contributed by atoms with Crippen molar-refractivity contribution < 1.29 is 19.2 Å². The zero-order valence-corrected chi connectivity index (χ0v) is 14.8. The average Bonchev–Trinajstić information content (AvgIpc) is 2.31. The number of esters is 1. The second-order valence-corrected chi connectivity index (χ2v) is 8.56. The van der Waals surface area contributed by atoms with Crippen LogP contribution in [0.2, 0.25) is 0 Å². The fraction of sp³-hybridized carbons (Fsp3) is 0.667. The van der Waals surface area contributed by atoms with Crippen LogP contribution in [0, 0.1) is 0 Å². The van der Waals surface area contributed by atoms with Crippen LogP contribution in [0.15, 0.2) is 5.16 Å². The normalized spacial score (nSPS) is 12.0. The van der Waals surface area contributed by atoms with Gasteiger partial charge in [-0.15, -0.1) is 0 Å². The van der Waals surface area contributed by atoms with E-state index in [2.05, 4.69) is 9.99 Å². The maximum atomic E-state index is 11.5. The van der Waals surface area contributed by atoms with Crippen molar-refractivity contribution >= 4 is 75.6 Å². The van der Waals surface area contributed by atoms with Crippen LogP contribution in [0.3, 0.4) is 0 Å². The molecule has 0 aromatic heterocycles. The third-order valence-corrected chi connectivity index (χ3v) is 3.58. The minimum Gasteiger partial charge on any atom is -0.465 e. The van der Waals surface area contributed by atoms with E-state index in [0.717, 1.165) is 16.1 Å². The fourth-order valence-electron chi connectivity index (χ4n) is 0.746. The highest BCUT2D eigenvalue weighted by atomic mass is 35.6. The molecule has 0 aliphatic heterocycles. The van der Waals surface area contributed by atoms with E-state index < -0.39 is 9.22 Å². The number of nitrogens with zero attached hydrogens (tertiary/aromatic N) is 2. The predicted molar refractivity (Wildman–Crippen MR) is 84.3 cm³/mol. The Hall–Kier alpha value is -0.0200. The Labute approximate surface area is 140 Å². The van der Waals surface area contributed by atoms with Crippen molar-refractivity contribution in [3.63, 3.8) is 0 Å². The van der Waals surface area contributed by atoms with Crippen LogP contribution in [-0.2, 0) is 14.4 Å². The molecule has 116 valence electrons. The smallest absolute Gasteiger partial charge is 0.445 e. The van der Waals surface area contributed by atoms with E-state index in [1.54, 1.807) is 13.8 Å². The number of rotatable bonds is 5. The molecule has 0 bridgehead atoms. The number of ether oxygens (including phenoxy) is 1. The maximum absolute atomic E-state index is 11.5. The quantitative estimate of drug-likeness (QED) is 0.137. The first-order chi connectivity index (χ1) is 9.15. The molecule has 0 fully saturated rings. The van der Waals surface area contributed by atoms with Crippen LogP contribution >= 0.6 is 58.5 Å². The molecule has 0 aliphatic rings. The summed E-state index contributed by atoms with van der Waals surface area (Å²) < 4.78 is 4.04. The maximum Gasteiger partial charge on any atom is 0.445 e. The van der Waals surface area contributed by atoms with Gasteiger partial charge in [0.2, 0.25) is 0 Å². The highest BCUT2D eigenvalue weighted by Crippen LogP contribution is 2.40. The van der Waals surface area contributed by atoms with E-state index in [1.165, 1.54) is 7.05 Å². The average molecular weight is 384 g/mol. The van der Waals surface area contributed by atoms with Crippen LogP contribution in [0.4, 0.5) is 4.79 Å². The van der Waals surface area contributed by atoms with Crippen molar-refractivity contribution in [1.82, 2.24) is 4.31 Å².